The summed E-state index contributed by atoms with van der Waals surface area (Å²) in [5.74, 6) is 0.924. The van der Waals surface area contributed by atoms with Gasteiger partial charge in [0.25, 0.3) is 5.91 Å². The van der Waals surface area contributed by atoms with Gasteiger partial charge in [0.05, 0.1) is 30.8 Å². The second-order valence-electron chi connectivity index (χ2n) is 6.91. The molecule has 130 valence electrons. The molecule has 0 saturated carbocycles. The van der Waals surface area contributed by atoms with E-state index in [9.17, 15) is 4.79 Å². The summed E-state index contributed by atoms with van der Waals surface area (Å²) < 4.78 is 11.6. The van der Waals surface area contributed by atoms with Crippen molar-refractivity contribution >= 4 is 5.91 Å². The number of hydrogen-bond acceptors (Lipinski definition) is 5. The van der Waals surface area contributed by atoms with E-state index in [-0.39, 0.29) is 11.3 Å². The Morgan fingerprint density at radius 1 is 1.36 bits per heavy atom. The van der Waals surface area contributed by atoms with E-state index in [0.29, 0.717) is 50.3 Å². The van der Waals surface area contributed by atoms with Crippen molar-refractivity contribution in [3.05, 3.63) is 54.0 Å². The summed E-state index contributed by atoms with van der Waals surface area (Å²) in [5, 5.41) is 0. The Labute approximate surface area is 146 Å². The molecule has 2 aromatic heterocycles. The minimum absolute atomic E-state index is 0.0270. The Morgan fingerprint density at radius 2 is 2.28 bits per heavy atom. The Hall–Kier alpha value is -2.47. The van der Waals surface area contributed by atoms with Crippen LogP contribution in [0.2, 0.25) is 0 Å². The molecule has 0 spiro atoms. The van der Waals surface area contributed by atoms with Gasteiger partial charge in [-0.15, -0.1) is 0 Å². The van der Waals surface area contributed by atoms with Crippen LogP contribution in [0.5, 0.6) is 5.88 Å². The molecule has 25 heavy (non-hydrogen) atoms. The van der Waals surface area contributed by atoms with Gasteiger partial charge in [0.1, 0.15) is 0 Å². The predicted octanol–water partition coefficient (Wildman–Crippen LogP) is 1.95. The van der Waals surface area contributed by atoms with Crippen molar-refractivity contribution in [2.75, 3.05) is 32.9 Å². The van der Waals surface area contributed by atoms with Gasteiger partial charge in [-0.3, -0.25) is 9.78 Å². The maximum atomic E-state index is 12.8. The van der Waals surface area contributed by atoms with Crippen molar-refractivity contribution < 1.29 is 14.3 Å². The Balaban J connectivity index is 1.47. The lowest BCUT2D eigenvalue weighted by atomic mass is 9.82. The number of pyridine rings is 2. The summed E-state index contributed by atoms with van der Waals surface area (Å²) >= 11 is 0. The third-order valence-corrected chi connectivity index (χ3v) is 5.11. The molecule has 6 heteroatoms. The number of rotatable bonds is 4. The first-order valence-corrected chi connectivity index (χ1v) is 8.50. The van der Waals surface area contributed by atoms with Crippen LogP contribution in [0.15, 0.2) is 42.7 Å². The summed E-state index contributed by atoms with van der Waals surface area (Å²) in [6.07, 6.45) is 3.36. The predicted molar refractivity (Wildman–Crippen MR) is 91.4 cm³/mol. The number of aromatic nitrogens is 2. The van der Waals surface area contributed by atoms with E-state index in [1.54, 1.807) is 12.4 Å². The normalized spacial score (nSPS) is 25.0. The fourth-order valence-electron chi connectivity index (χ4n) is 3.62. The molecule has 0 N–H and O–H groups in total. The lowest BCUT2D eigenvalue weighted by Gasteiger charge is -2.26. The SMILES string of the molecule is Cc1ccc(C(=O)N2C[C@@H]3COC[C@]3(COc3ccccn3)C2)cn1. The van der Waals surface area contributed by atoms with Crippen molar-refractivity contribution in [2.24, 2.45) is 11.3 Å². The standard InChI is InChI=1S/C19H21N3O3/c1-14-5-6-15(8-21-14)18(23)22-9-16-10-24-12-19(16,11-22)13-25-17-4-2-3-7-20-17/h2-8,16H,9-13H2,1H3/t16-,19+/m1/s1. The number of amides is 1. The average Bonchev–Trinajstić information content (AvgIpc) is 3.18. The number of carbonyl (C=O) groups is 1. The highest BCUT2D eigenvalue weighted by atomic mass is 16.5. The molecular weight excluding hydrogens is 318 g/mol. The summed E-state index contributed by atoms with van der Waals surface area (Å²) in [7, 11) is 0. The highest BCUT2D eigenvalue weighted by Gasteiger charge is 2.52. The minimum atomic E-state index is -0.161. The van der Waals surface area contributed by atoms with E-state index in [4.69, 9.17) is 9.47 Å². The molecule has 2 saturated heterocycles. The molecule has 0 aromatic carbocycles. The van der Waals surface area contributed by atoms with E-state index >= 15 is 0 Å². The largest absolute Gasteiger partial charge is 0.477 e. The molecule has 0 unspecified atom stereocenters. The Morgan fingerprint density at radius 3 is 3.04 bits per heavy atom. The lowest BCUT2D eigenvalue weighted by molar-refractivity contribution is 0.0655. The smallest absolute Gasteiger partial charge is 0.255 e. The number of likely N-dealkylation sites (tertiary alicyclic amines) is 1. The third-order valence-electron chi connectivity index (χ3n) is 5.11. The molecule has 6 nitrogen and oxygen atoms in total. The zero-order chi connectivity index (χ0) is 17.3. The van der Waals surface area contributed by atoms with Crippen molar-refractivity contribution in [1.29, 1.82) is 0 Å². The topological polar surface area (TPSA) is 64.6 Å². The molecule has 0 aliphatic carbocycles. The summed E-state index contributed by atoms with van der Waals surface area (Å²) in [4.78, 5) is 23.1. The molecule has 4 rings (SSSR count). The summed E-state index contributed by atoms with van der Waals surface area (Å²) in [6, 6.07) is 9.31. The van der Waals surface area contributed by atoms with Crippen LogP contribution in [-0.2, 0) is 4.74 Å². The van der Waals surface area contributed by atoms with Gasteiger partial charge in [-0.1, -0.05) is 6.07 Å². The van der Waals surface area contributed by atoms with Crippen LogP contribution < -0.4 is 4.74 Å². The van der Waals surface area contributed by atoms with E-state index in [2.05, 4.69) is 9.97 Å². The second kappa shape index (κ2) is 6.44. The minimum Gasteiger partial charge on any atom is -0.477 e. The van der Waals surface area contributed by atoms with Crippen LogP contribution in [0.4, 0.5) is 0 Å². The zero-order valence-electron chi connectivity index (χ0n) is 14.2. The fourth-order valence-corrected chi connectivity index (χ4v) is 3.62. The molecule has 0 bridgehead atoms. The number of fused-ring (bicyclic) bond motifs is 1. The molecular formula is C19H21N3O3. The van der Waals surface area contributed by atoms with E-state index in [1.165, 1.54) is 0 Å². The molecule has 4 heterocycles. The van der Waals surface area contributed by atoms with Crippen molar-refractivity contribution in [2.45, 2.75) is 6.92 Å². The van der Waals surface area contributed by atoms with Gasteiger partial charge in [-0.05, 0) is 25.1 Å². The first-order chi connectivity index (χ1) is 12.2. The van der Waals surface area contributed by atoms with Gasteiger partial charge < -0.3 is 14.4 Å². The Kier molecular flexibility index (Phi) is 4.13. The van der Waals surface area contributed by atoms with Gasteiger partial charge in [0.15, 0.2) is 0 Å². The molecule has 2 aliphatic rings. The van der Waals surface area contributed by atoms with Gasteiger partial charge in [0.2, 0.25) is 5.88 Å². The number of carbonyl (C=O) groups excluding carboxylic acids is 1. The Bertz CT molecular complexity index is 750. The molecule has 2 aliphatic heterocycles. The zero-order valence-corrected chi connectivity index (χ0v) is 14.2. The highest BCUT2D eigenvalue weighted by molar-refractivity contribution is 5.94. The quantitative estimate of drug-likeness (QED) is 0.852. The van der Waals surface area contributed by atoms with Crippen LogP contribution in [0.1, 0.15) is 16.1 Å². The maximum absolute atomic E-state index is 12.8. The van der Waals surface area contributed by atoms with Crippen LogP contribution in [0.3, 0.4) is 0 Å². The molecule has 1 amide bonds. The number of nitrogens with zero attached hydrogens (tertiary/aromatic N) is 3. The van der Waals surface area contributed by atoms with Crippen molar-refractivity contribution in [3.8, 4) is 5.88 Å². The van der Waals surface area contributed by atoms with Crippen molar-refractivity contribution in [3.63, 3.8) is 0 Å². The summed E-state index contributed by atoms with van der Waals surface area (Å²) in [5.41, 5.74) is 1.38. The van der Waals surface area contributed by atoms with E-state index in [1.807, 2.05) is 42.2 Å². The lowest BCUT2D eigenvalue weighted by Crippen LogP contribution is -2.38. The molecule has 0 radical (unpaired) electrons. The number of hydrogen-bond donors (Lipinski definition) is 0. The number of aryl methyl sites for hydroxylation is 1. The maximum Gasteiger partial charge on any atom is 0.255 e. The van der Waals surface area contributed by atoms with Crippen LogP contribution >= 0.6 is 0 Å². The first kappa shape index (κ1) is 16.0. The van der Waals surface area contributed by atoms with Crippen LogP contribution in [-0.4, -0.2) is 53.7 Å². The van der Waals surface area contributed by atoms with E-state index < -0.39 is 0 Å². The van der Waals surface area contributed by atoms with Gasteiger partial charge >= 0.3 is 0 Å². The van der Waals surface area contributed by atoms with Gasteiger partial charge in [-0.25, -0.2) is 4.98 Å². The van der Waals surface area contributed by atoms with Gasteiger partial charge in [0, 0.05) is 43.2 Å². The second-order valence-corrected chi connectivity index (χ2v) is 6.91. The van der Waals surface area contributed by atoms with Crippen LogP contribution in [0.25, 0.3) is 0 Å². The highest BCUT2D eigenvalue weighted by Crippen LogP contribution is 2.42. The molecule has 2 aromatic rings. The van der Waals surface area contributed by atoms with E-state index in [0.717, 1.165) is 5.69 Å². The first-order valence-electron chi connectivity index (χ1n) is 8.50. The third kappa shape index (κ3) is 3.09. The molecule has 2 fully saturated rings. The summed E-state index contributed by atoms with van der Waals surface area (Å²) in [6.45, 7) is 5.03. The monoisotopic (exact) mass is 339 g/mol. The van der Waals surface area contributed by atoms with Crippen molar-refractivity contribution in [1.82, 2.24) is 14.9 Å². The van der Waals surface area contributed by atoms with Gasteiger partial charge in [-0.2, -0.15) is 0 Å². The van der Waals surface area contributed by atoms with Crippen LogP contribution in [0, 0.1) is 18.3 Å². The number of ether oxygens (including phenoxy) is 2. The fraction of sp³-hybridized carbons (Fsp3) is 0.421. The average molecular weight is 339 g/mol. The molecule has 2 atom stereocenters.